The number of carbonyl (C=O) groups is 1. The van der Waals surface area contributed by atoms with Crippen molar-refractivity contribution in [3.05, 3.63) is 63.3 Å². The zero-order chi connectivity index (χ0) is 18.8. The Balaban J connectivity index is 1.47. The van der Waals surface area contributed by atoms with Gasteiger partial charge in [0.15, 0.2) is 5.69 Å². The molecule has 1 aliphatic carbocycles. The Bertz CT molecular complexity index is 1030. The molecule has 0 saturated heterocycles. The van der Waals surface area contributed by atoms with Crippen molar-refractivity contribution in [2.24, 2.45) is 0 Å². The quantitative estimate of drug-likeness (QED) is 0.568. The van der Waals surface area contributed by atoms with Crippen molar-refractivity contribution in [1.29, 1.82) is 0 Å². The van der Waals surface area contributed by atoms with E-state index in [9.17, 15) is 14.0 Å². The van der Waals surface area contributed by atoms with Crippen LogP contribution in [-0.4, -0.2) is 37.4 Å². The van der Waals surface area contributed by atoms with Crippen LogP contribution < -0.4 is 11.0 Å². The Morgan fingerprint density at radius 2 is 2.15 bits per heavy atom. The average molecular weight is 370 g/mol. The first kappa shape index (κ1) is 17.2. The van der Waals surface area contributed by atoms with E-state index in [-0.39, 0.29) is 17.4 Å². The number of benzene rings is 1. The van der Waals surface area contributed by atoms with E-state index in [0.29, 0.717) is 36.6 Å². The van der Waals surface area contributed by atoms with Gasteiger partial charge in [0.05, 0.1) is 0 Å². The predicted molar refractivity (Wildman–Crippen MR) is 95.4 cm³/mol. The van der Waals surface area contributed by atoms with Crippen molar-refractivity contribution < 1.29 is 9.18 Å². The highest BCUT2D eigenvalue weighted by molar-refractivity contribution is 5.94. The third kappa shape index (κ3) is 3.40. The topological polar surface area (TPSA) is 108 Å². The number of H-pyrrole nitrogens is 2. The number of hydrogen-bond donors (Lipinski definition) is 3. The normalized spacial score (nSPS) is 12.9. The Kier molecular flexibility index (Phi) is 4.57. The van der Waals surface area contributed by atoms with E-state index >= 15 is 0 Å². The van der Waals surface area contributed by atoms with Gasteiger partial charge in [-0.1, -0.05) is 12.1 Å². The summed E-state index contributed by atoms with van der Waals surface area (Å²) in [4.78, 5) is 26.1. The van der Waals surface area contributed by atoms with Crippen LogP contribution in [0.15, 0.2) is 29.1 Å². The van der Waals surface area contributed by atoms with Crippen LogP contribution in [0.3, 0.4) is 0 Å². The smallest absolute Gasteiger partial charge is 0.340 e. The van der Waals surface area contributed by atoms with Crippen LogP contribution in [0.5, 0.6) is 0 Å². The fourth-order valence-electron chi connectivity index (χ4n) is 3.41. The van der Waals surface area contributed by atoms with Gasteiger partial charge in [0.25, 0.3) is 5.91 Å². The molecule has 9 heteroatoms. The lowest BCUT2D eigenvalue weighted by molar-refractivity contribution is 0.0947. The molecule has 27 heavy (non-hydrogen) atoms. The SMILES string of the molecule is O=C(NCCCc1n[nH]c(=O)[nH]1)c1nn(-c2ccccc2F)c2c1CCC2. The second-order valence-corrected chi connectivity index (χ2v) is 6.47. The van der Waals surface area contributed by atoms with Crippen LogP contribution in [0.1, 0.15) is 40.4 Å². The van der Waals surface area contributed by atoms with Crippen molar-refractivity contribution in [1.82, 2.24) is 30.3 Å². The fraction of sp³-hybridized carbons (Fsp3) is 0.333. The van der Waals surface area contributed by atoms with Gasteiger partial charge in [0, 0.05) is 24.2 Å². The Morgan fingerprint density at radius 1 is 1.30 bits per heavy atom. The second kappa shape index (κ2) is 7.18. The van der Waals surface area contributed by atoms with Crippen LogP contribution in [-0.2, 0) is 19.3 Å². The Morgan fingerprint density at radius 3 is 2.93 bits per heavy atom. The molecule has 2 heterocycles. The van der Waals surface area contributed by atoms with E-state index in [0.717, 1.165) is 30.5 Å². The maximum Gasteiger partial charge on any atom is 0.340 e. The second-order valence-electron chi connectivity index (χ2n) is 6.47. The summed E-state index contributed by atoms with van der Waals surface area (Å²) < 4.78 is 15.7. The van der Waals surface area contributed by atoms with Crippen LogP contribution in [0.4, 0.5) is 4.39 Å². The monoisotopic (exact) mass is 370 g/mol. The first-order valence-corrected chi connectivity index (χ1v) is 8.91. The summed E-state index contributed by atoms with van der Waals surface area (Å²) in [5.74, 6) is -0.0765. The lowest BCUT2D eigenvalue weighted by Crippen LogP contribution is -2.26. The van der Waals surface area contributed by atoms with Gasteiger partial charge in [-0.25, -0.2) is 19.0 Å². The lowest BCUT2D eigenvalue weighted by Gasteiger charge is -2.06. The number of fused-ring (bicyclic) bond motifs is 1. The number of halogens is 1. The van der Waals surface area contributed by atoms with Crippen LogP contribution in [0, 0.1) is 5.82 Å². The molecule has 2 aromatic heterocycles. The molecule has 0 atom stereocenters. The van der Waals surface area contributed by atoms with E-state index in [1.807, 2.05) is 0 Å². The molecular weight excluding hydrogens is 351 g/mol. The van der Waals surface area contributed by atoms with E-state index in [2.05, 4.69) is 25.6 Å². The van der Waals surface area contributed by atoms with Gasteiger partial charge < -0.3 is 5.32 Å². The van der Waals surface area contributed by atoms with E-state index in [1.54, 1.807) is 22.9 Å². The number of rotatable bonds is 6. The maximum absolute atomic E-state index is 14.2. The number of para-hydroxylation sites is 1. The zero-order valence-electron chi connectivity index (χ0n) is 14.6. The summed E-state index contributed by atoms with van der Waals surface area (Å²) >= 11 is 0. The fourth-order valence-corrected chi connectivity index (χ4v) is 3.41. The minimum absolute atomic E-state index is 0.265. The van der Waals surface area contributed by atoms with Crippen molar-refractivity contribution in [3.8, 4) is 5.69 Å². The van der Waals surface area contributed by atoms with E-state index < -0.39 is 0 Å². The molecular formula is C18H19FN6O2. The van der Waals surface area contributed by atoms with Crippen molar-refractivity contribution in [3.63, 3.8) is 0 Å². The highest BCUT2D eigenvalue weighted by atomic mass is 19.1. The molecule has 3 aromatic rings. The summed E-state index contributed by atoms with van der Waals surface area (Å²) in [5.41, 5.74) is 2.17. The molecule has 1 aromatic carbocycles. The molecule has 140 valence electrons. The highest BCUT2D eigenvalue weighted by Gasteiger charge is 2.27. The van der Waals surface area contributed by atoms with Gasteiger partial charge in [0.2, 0.25) is 0 Å². The number of carbonyl (C=O) groups excluding carboxylic acids is 1. The molecule has 3 N–H and O–H groups in total. The zero-order valence-corrected chi connectivity index (χ0v) is 14.6. The summed E-state index contributed by atoms with van der Waals surface area (Å²) in [7, 11) is 0. The minimum Gasteiger partial charge on any atom is -0.351 e. The summed E-state index contributed by atoms with van der Waals surface area (Å²) in [6.07, 6.45) is 3.63. The van der Waals surface area contributed by atoms with Crippen molar-refractivity contribution in [2.75, 3.05) is 6.54 Å². The highest BCUT2D eigenvalue weighted by Crippen LogP contribution is 2.28. The first-order valence-electron chi connectivity index (χ1n) is 8.91. The van der Waals surface area contributed by atoms with Crippen molar-refractivity contribution in [2.45, 2.75) is 32.1 Å². The maximum atomic E-state index is 14.2. The Labute approximate surface area is 153 Å². The van der Waals surface area contributed by atoms with Crippen LogP contribution >= 0.6 is 0 Å². The van der Waals surface area contributed by atoms with Crippen LogP contribution in [0.25, 0.3) is 5.69 Å². The first-order chi connectivity index (χ1) is 13.1. The summed E-state index contributed by atoms with van der Waals surface area (Å²) in [5, 5.41) is 13.4. The van der Waals surface area contributed by atoms with Gasteiger partial charge >= 0.3 is 5.69 Å². The number of amides is 1. The molecule has 8 nitrogen and oxygen atoms in total. The number of aromatic nitrogens is 5. The number of aromatic amines is 2. The summed E-state index contributed by atoms with van der Waals surface area (Å²) in [6, 6.07) is 6.42. The number of nitrogens with one attached hydrogen (secondary N) is 3. The third-order valence-electron chi connectivity index (χ3n) is 4.65. The largest absolute Gasteiger partial charge is 0.351 e. The van der Waals surface area contributed by atoms with Crippen molar-refractivity contribution >= 4 is 5.91 Å². The van der Waals surface area contributed by atoms with Gasteiger partial charge in [-0.15, -0.1) is 0 Å². The third-order valence-corrected chi connectivity index (χ3v) is 4.65. The lowest BCUT2D eigenvalue weighted by atomic mass is 10.2. The molecule has 0 aliphatic heterocycles. The van der Waals surface area contributed by atoms with Gasteiger partial charge in [-0.2, -0.15) is 10.2 Å². The molecule has 0 bridgehead atoms. The standard InChI is InChI=1S/C18H19FN6O2/c19-12-6-1-2-7-14(12)25-13-8-3-5-11(13)16(24-25)17(26)20-10-4-9-15-21-18(27)23-22-15/h1-2,6-7H,3-5,8-10H2,(H,20,26)(H2,21,22,23,27). The minimum atomic E-state index is -0.366. The molecule has 4 rings (SSSR count). The Hall–Kier alpha value is -3.23. The molecule has 0 radical (unpaired) electrons. The molecule has 0 saturated carbocycles. The summed E-state index contributed by atoms with van der Waals surface area (Å²) in [6.45, 7) is 0.426. The number of nitrogens with zero attached hydrogens (tertiary/aromatic N) is 3. The van der Waals surface area contributed by atoms with Gasteiger partial charge in [-0.05, 0) is 37.8 Å². The molecule has 1 amide bonds. The molecule has 0 fully saturated rings. The van der Waals surface area contributed by atoms with Crippen LogP contribution in [0.2, 0.25) is 0 Å². The number of hydrogen-bond acceptors (Lipinski definition) is 4. The van der Waals surface area contributed by atoms with E-state index in [1.165, 1.54) is 6.07 Å². The molecule has 0 spiro atoms. The van der Waals surface area contributed by atoms with E-state index in [4.69, 9.17) is 0 Å². The van der Waals surface area contributed by atoms with Gasteiger partial charge in [-0.3, -0.25) is 9.78 Å². The van der Waals surface area contributed by atoms with Gasteiger partial charge in [0.1, 0.15) is 17.3 Å². The average Bonchev–Trinajstić information content (AvgIpc) is 3.36. The molecule has 0 unspecified atom stereocenters. The number of aryl methyl sites for hydroxylation is 1. The predicted octanol–water partition coefficient (Wildman–Crippen LogP) is 1.27. The molecule has 1 aliphatic rings.